The summed E-state index contributed by atoms with van der Waals surface area (Å²) >= 11 is 3.47. The molecule has 2 aromatic carbocycles. The summed E-state index contributed by atoms with van der Waals surface area (Å²) < 4.78 is 5.89. The maximum absolute atomic E-state index is 9.09. The van der Waals surface area contributed by atoms with Crippen LogP contribution in [0.2, 0.25) is 0 Å². The van der Waals surface area contributed by atoms with Gasteiger partial charge in [-0.05, 0) is 22.8 Å². The second kappa shape index (κ2) is 5.52. The highest BCUT2D eigenvalue weighted by Crippen LogP contribution is 2.36. The Morgan fingerprint density at radius 1 is 1.20 bits per heavy atom. The van der Waals surface area contributed by atoms with Crippen LogP contribution in [0.25, 0.3) is 5.57 Å². The van der Waals surface area contributed by atoms with Gasteiger partial charge in [-0.15, -0.1) is 0 Å². The molecule has 2 nitrogen and oxygen atoms in total. The summed E-state index contributed by atoms with van der Waals surface area (Å²) in [7, 11) is 0. The van der Waals surface area contributed by atoms with E-state index in [2.05, 4.69) is 40.2 Å². The smallest absolute Gasteiger partial charge is 0.127 e. The molecule has 0 atom stereocenters. The Balaban J connectivity index is 2.23. The van der Waals surface area contributed by atoms with E-state index in [4.69, 9.17) is 10.00 Å². The summed E-state index contributed by atoms with van der Waals surface area (Å²) in [6.07, 6.45) is 1.60. The summed E-state index contributed by atoms with van der Waals surface area (Å²) in [6.45, 7) is 0.524. The van der Waals surface area contributed by atoms with Crippen LogP contribution < -0.4 is 4.74 Å². The number of ether oxygens (including phenoxy) is 1. The van der Waals surface area contributed by atoms with Crippen molar-refractivity contribution in [1.82, 2.24) is 0 Å². The Kier molecular flexibility index (Phi) is 3.58. The molecule has 3 rings (SSSR count). The van der Waals surface area contributed by atoms with Crippen LogP contribution >= 0.6 is 15.9 Å². The molecular formula is C17H12BrNO. The zero-order valence-electron chi connectivity index (χ0n) is 10.8. The van der Waals surface area contributed by atoms with Crippen molar-refractivity contribution in [2.45, 2.75) is 11.9 Å². The monoisotopic (exact) mass is 325 g/mol. The van der Waals surface area contributed by atoms with Gasteiger partial charge in [-0.25, -0.2) is 0 Å². The number of benzene rings is 2. The number of hydrogen-bond donors (Lipinski definition) is 0. The molecule has 1 aliphatic heterocycles. The fourth-order valence-electron chi connectivity index (χ4n) is 2.45. The molecule has 0 N–H and O–H groups in total. The van der Waals surface area contributed by atoms with Gasteiger partial charge in [0.1, 0.15) is 12.4 Å². The minimum atomic E-state index is 0.524. The summed E-state index contributed by atoms with van der Waals surface area (Å²) in [5.41, 5.74) is 5.28. The van der Waals surface area contributed by atoms with E-state index in [1.165, 1.54) is 5.56 Å². The van der Waals surface area contributed by atoms with E-state index >= 15 is 0 Å². The zero-order chi connectivity index (χ0) is 13.9. The van der Waals surface area contributed by atoms with E-state index in [9.17, 15) is 0 Å². The Hall–Kier alpha value is -2.05. The fraction of sp³-hybridized carbons (Fsp3) is 0.118. The van der Waals surface area contributed by atoms with Crippen molar-refractivity contribution in [3.63, 3.8) is 0 Å². The third kappa shape index (κ3) is 2.23. The predicted molar refractivity (Wildman–Crippen MR) is 82.5 cm³/mol. The Morgan fingerprint density at radius 3 is 2.85 bits per heavy atom. The van der Waals surface area contributed by atoms with Crippen molar-refractivity contribution in [3.05, 3.63) is 70.8 Å². The summed E-state index contributed by atoms with van der Waals surface area (Å²) in [6, 6.07) is 16.3. The average Bonchev–Trinajstić information content (AvgIpc) is 2.65. The average molecular weight is 326 g/mol. The van der Waals surface area contributed by atoms with Gasteiger partial charge in [0.15, 0.2) is 0 Å². The molecule has 0 aromatic heterocycles. The van der Waals surface area contributed by atoms with Crippen LogP contribution in [0.4, 0.5) is 0 Å². The molecule has 0 saturated carbocycles. The molecule has 0 saturated heterocycles. The van der Waals surface area contributed by atoms with Crippen molar-refractivity contribution < 1.29 is 4.74 Å². The highest BCUT2D eigenvalue weighted by atomic mass is 79.9. The van der Waals surface area contributed by atoms with Crippen molar-refractivity contribution in [1.29, 1.82) is 5.26 Å². The minimum absolute atomic E-state index is 0.524. The molecule has 0 bridgehead atoms. The number of nitrogens with zero attached hydrogens (tertiary/aromatic N) is 1. The first-order valence-corrected chi connectivity index (χ1v) is 7.45. The number of fused-ring (bicyclic) bond motifs is 2. The zero-order valence-corrected chi connectivity index (χ0v) is 12.4. The summed E-state index contributed by atoms with van der Waals surface area (Å²) in [5.74, 6) is 0.825. The number of halogens is 1. The molecule has 0 fully saturated rings. The van der Waals surface area contributed by atoms with Crippen LogP contribution in [0.1, 0.15) is 22.3 Å². The number of rotatable bonds is 1. The normalized spacial score (nSPS) is 14.7. The summed E-state index contributed by atoms with van der Waals surface area (Å²) in [4.78, 5) is 0. The van der Waals surface area contributed by atoms with Gasteiger partial charge in [0.25, 0.3) is 0 Å². The van der Waals surface area contributed by atoms with Crippen molar-refractivity contribution in [2.75, 3.05) is 0 Å². The Morgan fingerprint density at radius 2 is 2.05 bits per heavy atom. The van der Waals surface area contributed by atoms with Crippen LogP contribution in [0.15, 0.2) is 48.5 Å². The van der Waals surface area contributed by atoms with Gasteiger partial charge in [-0.2, -0.15) is 5.26 Å². The predicted octanol–water partition coefficient (Wildman–Crippen LogP) is 4.43. The Bertz CT molecular complexity index is 728. The standard InChI is InChI=1S/C17H12BrNO/c18-10-12-5-6-14-13(9-12)11-20-17-4-2-1-3-16(17)15(14)7-8-19/h1-7,9H,10-11H2/b15-7+. The van der Waals surface area contributed by atoms with Crippen LogP contribution in [0.5, 0.6) is 5.75 Å². The van der Waals surface area contributed by atoms with Crippen molar-refractivity contribution in [2.24, 2.45) is 0 Å². The number of nitriles is 1. The van der Waals surface area contributed by atoms with E-state index in [0.717, 1.165) is 33.3 Å². The molecular weight excluding hydrogens is 314 g/mol. The van der Waals surface area contributed by atoms with E-state index in [0.29, 0.717) is 6.61 Å². The first kappa shape index (κ1) is 13.0. The largest absolute Gasteiger partial charge is 0.488 e. The van der Waals surface area contributed by atoms with Gasteiger partial charge < -0.3 is 4.74 Å². The lowest BCUT2D eigenvalue weighted by molar-refractivity contribution is 0.307. The van der Waals surface area contributed by atoms with Crippen LogP contribution in [0, 0.1) is 11.3 Å². The molecule has 0 aliphatic carbocycles. The van der Waals surface area contributed by atoms with Crippen molar-refractivity contribution in [3.8, 4) is 11.8 Å². The maximum Gasteiger partial charge on any atom is 0.127 e. The number of hydrogen-bond acceptors (Lipinski definition) is 2. The quantitative estimate of drug-likeness (QED) is 0.574. The molecule has 0 radical (unpaired) electrons. The molecule has 3 heteroatoms. The second-order valence-electron chi connectivity index (χ2n) is 4.60. The number of para-hydroxylation sites is 1. The molecule has 1 aliphatic rings. The first-order chi connectivity index (χ1) is 9.83. The van der Waals surface area contributed by atoms with Crippen molar-refractivity contribution >= 4 is 21.5 Å². The molecule has 2 aromatic rings. The van der Waals surface area contributed by atoms with Gasteiger partial charge in [0, 0.05) is 22.5 Å². The van der Waals surface area contributed by atoms with E-state index < -0.39 is 0 Å². The number of alkyl halides is 1. The van der Waals surface area contributed by atoms with Gasteiger partial charge in [-0.1, -0.05) is 52.3 Å². The lowest BCUT2D eigenvalue weighted by Gasteiger charge is -2.09. The maximum atomic E-state index is 9.09. The van der Waals surface area contributed by atoms with Crippen LogP contribution in [-0.2, 0) is 11.9 Å². The van der Waals surface area contributed by atoms with Gasteiger partial charge in [0.2, 0.25) is 0 Å². The lowest BCUT2D eigenvalue weighted by Crippen LogP contribution is -1.96. The topological polar surface area (TPSA) is 33.0 Å². The lowest BCUT2D eigenvalue weighted by atomic mass is 9.93. The second-order valence-corrected chi connectivity index (χ2v) is 5.16. The van der Waals surface area contributed by atoms with Gasteiger partial charge in [0.05, 0.1) is 6.07 Å². The molecule has 0 unspecified atom stereocenters. The molecule has 98 valence electrons. The SMILES string of the molecule is N#C/C=C1\c2ccc(CBr)cc2COc2ccccc21. The fourth-order valence-corrected chi connectivity index (χ4v) is 2.80. The van der Waals surface area contributed by atoms with Crippen LogP contribution in [0.3, 0.4) is 0 Å². The van der Waals surface area contributed by atoms with E-state index in [1.54, 1.807) is 6.08 Å². The minimum Gasteiger partial charge on any atom is -0.488 e. The van der Waals surface area contributed by atoms with E-state index in [1.807, 2.05) is 24.3 Å². The highest BCUT2D eigenvalue weighted by molar-refractivity contribution is 9.08. The number of allylic oxidation sites excluding steroid dienone is 1. The third-order valence-electron chi connectivity index (χ3n) is 3.38. The van der Waals surface area contributed by atoms with Gasteiger partial charge >= 0.3 is 0 Å². The van der Waals surface area contributed by atoms with Crippen LogP contribution in [-0.4, -0.2) is 0 Å². The first-order valence-electron chi connectivity index (χ1n) is 6.33. The molecule has 0 amide bonds. The Labute approximate surface area is 126 Å². The molecule has 0 spiro atoms. The summed E-state index contributed by atoms with van der Waals surface area (Å²) in [5, 5.41) is 9.90. The third-order valence-corrected chi connectivity index (χ3v) is 4.03. The highest BCUT2D eigenvalue weighted by Gasteiger charge is 2.18. The molecule has 20 heavy (non-hydrogen) atoms. The molecule has 1 heterocycles. The van der Waals surface area contributed by atoms with Gasteiger partial charge in [-0.3, -0.25) is 0 Å². The van der Waals surface area contributed by atoms with E-state index in [-0.39, 0.29) is 0 Å².